The van der Waals surface area contributed by atoms with Gasteiger partial charge >= 0.3 is 0 Å². The molecule has 0 aliphatic heterocycles. The Morgan fingerprint density at radius 1 is 1.29 bits per heavy atom. The topological polar surface area (TPSA) is 83.6 Å². The standard InChI is InChI=1S/C15H15N5O/c1-9(2)13-18-14(20-19-13)15(21)17-12-5-3-4-10-6-7-16-8-11(10)12/h3-9H,1-2H3,(H,17,21)(H,18,19,20). The molecule has 0 saturated heterocycles. The molecule has 0 spiro atoms. The number of carbonyl (C=O) groups excluding carboxylic acids is 1. The van der Waals surface area contributed by atoms with Crippen LogP contribution in [-0.4, -0.2) is 26.1 Å². The van der Waals surface area contributed by atoms with Crippen molar-refractivity contribution < 1.29 is 4.79 Å². The van der Waals surface area contributed by atoms with Crippen molar-refractivity contribution in [1.82, 2.24) is 20.2 Å². The Bertz CT molecular complexity index is 788. The number of nitrogens with one attached hydrogen (secondary N) is 2. The normalized spacial score (nSPS) is 11.0. The summed E-state index contributed by atoms with van der Waals surface area (Å²) in [6.45, 7) is 3.97. The summed E-state index contributed by atoms with van der Waals surface area (Å²) in [4.78, 5) is 20.5. The number of aromatic nitrogens is 4. The predicted molar refractivity (Wildman–Crippen MR) is 80.2 cm³/mol. The smallest absolute Gasteiger partial charge is 0.295 e. The number of H-pyrrole nitrogens is 1. The van der Waals surface area contributed by atoms with E-state index in [0.29, 0.717) is 11.5 Å². The van der Waals surface area contributed by atoms with Crippen LogP contribution in [-0.2, 0) is 0 Å². The zero-order chi connectivity index (χ0) is 14.8. The molecule has 2 N–H and O–H groups in total. The molecule has 0 aliphatic carbocycles. The Morgan fingerprint density at radius 2 is 2.14 bits per heavy atom. The monoisotopic (exact) mass is 281 g/mol. The lowest BCUT2D eigenvalue weighted by Gasteiger charge is -2.06. The fourth-order valence-corrected chi connectivity index (χ4v) is 2.03. The number of amides is 1. The predicted octanol–water partition coefficient (Wildman–Crippen LogP) is 2.73. The molecule has 21 heavy (non-hydrogen) atoms. The molecule has 106 valence electrons. The van der Waals surface area contributed by atoms with Crippen LogP contribution in [0.3, 0.4) is 0 Å². The van der Waals surface area contributed by atoms with Gasteiger partial charge in [0.25, 0.3) is 5.91 Å². The molecule has 0 radical (unpaired) electrons. The highest BCUT2D eigenvalue weighted by Crippen LogP contribution is 2.22. The first-order valence-corrected chi connectivity index (χ1v) is 6.71. The van der Waals surface area contributed by atoms with Crippen molar-refractivity contribution in [2.24, 2.45) is 0 Å². The molecule has 6 heteroatoms. The Kier molecular flexibility index (Phi) is 3.35. The summed E-state index contributed by atoms with van der Waals surface area (Å²) >= 11 is 0. The van der Waals surface area contributed by atoms with Crippen LogP contribution < -0.4 is 5.32 Å². The number of benzene rings is 1. The highest BCUT2D eigenvalue weighted by atomic mass is 16.2. The molecule has 1 amide bonds. The SMILES string of the molecule is CC(C)c1nc(C(=O)Nc2cccc3ccncc23)n[nH]1. The van der Waals surface area contributed by atoms with Crippen LogP contribution in [0.15, 0.2) is 36.7 Å². The van der Waals surface area contributed by atoms with Gasteiger partial charge in [0.2, 0.25) is 5.82 Å². The molecule has 3 rings (SSSR count). The molecule has 0 aliphatic rings. The molecule has 2 aromatic heterocycles. The number of rotatable bonds is 3. The van der Waals surface area contributed by atoms with E-state index in [1.165, 1.54) is 0 Å². The zero-order valence-electron chi connectivity index (χ0n) is 11.8. The number of hydrogen-bond donors (Lipinski definition) is 2. The van der Waals surface area contributed by atoms with E-state index in [2.05, 4.69) is 25.5 Å². The summed E-state index contributed by atoms with van der Waals surface area (Å²) in [7, 11) is 0. The van der Waals surface area contributed by atoms with Gasteiger partial charge in [0, 0.05) is 23.7 Å². The van der Waals surface area contributed by atoms with E-state index in [1.807, 2.05) is 38.1 Å². The number of aromatic amines is 1. The van der Waals surface area contributed by atoms with Gasteiger partial charge in [0.05, 0.1) is 5.69 Å². The molecule has 0 fully saturated rings. The quantitative estimate of drug-likeness (QED) is 0.773. The highest BCUT2D eigenvalue weighted by Gasteiger charge is 2.15. The minimum atomic E-state index is -0.338. The Morgan fingerprint density at radius 3 is 2.90 bits per heavy atom. The van der Waals surface area contributed by atoms with Crippen LogP contribution in [0.2, 0.25) is 0 Å². The molecule has 2 heterocycles. The maximum atomic E-state index is 12.2. The number of carbonyl (C=O) groups is 1. The van der Waals surface area contributed by atoms with Gasteiger partial charge in [-0.1, -0.05) is 26.0 Å². The van der Waals surface area contributed by atoms with Gasteiger partial charge < -0.3 is 5.32 Å². The number of fused-ring (bicyclic) bond motifs is 1. The van der Waals surface area contributed by atoms with Crippen molar-refractivity contribution >= 4 is 22.4 Å². The first-order chi connectivity index (χ1) is 10.1. The summed E-state index contributed by atoms with van der Waals surface area (Å²) in [6.07, 6.45) is 3.45. The van der Waals surface area contributed by atoms with Crippen molar-refractivity contribution in [2.75, 3.05) is 5.32 Å². The summed E-state index contributed by atoms with van der Waals surface area (Å²) in [5, 5.41) is 11.5. The van der Waals surface area contributed by atoms with Crippen LogP contribution in [0, 0.1) is 0 Å². The second-order valence-electron chi connectivity index (χ2n) is 5.06. The fourth-order valence-electron chi connectivity index (χ4n) is 2.03. The van der Waals surface area contributed by atoms with E-state index < -0.39 is 0 Å². The van der Waals surface area contributed by atoms with Gasteiger partial charge in [-0.15, -0.1) is 5.10 Å². The molecule has 0 saturated carbocycles. The summed E-state index contributed by atoms with van der Waals surface area (Å²) in [5.74, 6) is 0.689. The molecule has 0 unspecified atom stereocenters. The minimum absolute atomic E-state index is 0.139. The van der Waals surface area contributed by atoms with Crippen LogP contribution in [0.25, 0.3) is 10.8 Å². The molecule has 1 aromatic carbocycles. The van der Waals surface area contributed by atoms with Crippen molar-refractivity contribution in [2.45, 2.75) is 19.8 Å². The van der Waals surface area contributed by atoms with Gasteiger partial charge in [-0.25, -0.2) is 4.98 Å². The van der Waals surface area contributed by atoms with Crippen LogP contribution >= 0.6 is 0 Å². The van der Waals surface area contributed by atoms with Gasteiger partial charge in [0.15, 0.2) is 0 Å². The van der Waals surface area contributed by atoms with E-state index in [-0.39, 0.29) is 17.6 Å². The van der Waals surface area contributed by atoms with E-state index in [4.69, 9.17) is 0 Å². The molecule has 3 aromatic rings. The average molecular weight is 281 g/mol. The third kappa shape index (κ3) is 2.60. The van der Waals surface area contributed by atoms with Crippen LogP contribution in [0.5, 0.6) is 0 Å². The third-order valence-electron chi connectivity index (χ3n) is 3.18. The zero-order valence-corrected chi connectivity index (χ0v) is 11.8. The maximum absolute atomic E-state index is 12.2. The molecular weight excluding hydrogens is 266 g/mol. The molecule has 6 nitrogen and oxygen atoms in total. The summed E-state index contributed by atoms with van der Waals surface area (Å²) in [6, 6.07) is 7.58. The first kappa shape index (κ1) is 13.2. The lowest BCUT2D eigenvalue weighted by molar-refractivity contribution is 0.101. The average Bonchev–Trinajstić information content (AvgIpc) is 2.98. The van der Waals surface area contributed by atoms with Gasteiger partial charge in [0.1, 0.15) is 5.82 Å². The Balaban J connectivity index is 1.89. The van der Waals surface area contributed by atoms with Crippen LogP contribution in [0.1, 0.15) is 36.2 Å². The highest BCUT2D eigenvalue weighted by molar-refractivity contribution is 6.07. The van der Waals surface area contributed by atoms with Gasteiger partial charge in [-0.2, -0.15) is 0 Å². The van der Waals surface area contributed by atoms with Crippen LogP contribution in [0.4, 0.5) is 5.69 Å². The van der Waals surface area contributed by atoms with Crippen molar-refractivity contribution in [3.8, 4) is 0 Å². The van der Waals surface area contributed by atoms with E-state index in [1.54, 1.807) is 12.4 Å². The Labute approximate surface area is 121 Å². The van der Waals surface area contributed by atoms with Gasteiger partial charge in [-0.05, 0) is 17.5 Å². The van der Waals surface area contributed by atoms with E-state index in [0.717, 1.165) is 10.8 Å². The minimum Gasteiger partial charge on any atom is -0.319 e. The second kappa shape index (κ2) is 5.32. The lowest BCUT2D eigenvalue weighted by Crippen LogP contribution is -2.14. The number of anilines is 1. The first-order valence-electron chi connectivity index (χ1n) is 6.71. The van der Waals surface area contributed by atoms with E-state index >= 15 is 0 Å². The van der Waals surface area contributed by atoms with Crippen molar-refractivity contribution in [1.29, 1.82) is 0 Å². The number of nitrogens with zero attached hydrogens (tertiary/aromatic N) is 3. The fraction of sp³-hybridized carbons (Fsp3) is 0.200. The van der Waals surface area contributed by atoms with E-state index in [9.17, 15) is 4.79 Å². The van der Waals surface area contributed by atoms with Crippen molar-refractivity contribution in [3.63, 3.8) is 0 Å². The maximum Gasteiger partial charge on any atom is 0.295 e. The largest absolute Gasteiger partial charge is 0.319 e. The summed E-state index contributed by atoms with van der Waals surface area (Å²) in [5.41, 5.74) is 0.696. The molecule has 0 bridgehead atoms. The van der Waals surface area contributed by atoms with Crippen molar-refractivity contribution in [3.05, 3.63) is 48.3 Å². The number of pyridine rings is 1. The van der Waals surface area contributed by atoms with Gasteiger partial charge in [-0.3, -0.25) is 14.9 Å². The third-order valence-corrected chi connectivity index (χ3v) is 3.18. The molecular formula is C15H15N5O. The second-order valence-corrected chi connectivity index (χ2v) is 5.06. The molecule has 0 atom stereocenters. The number of hydrogen-bond acceptors (Lipinski definition) is 4. The Hall–Kier alpha value is -2.76. The summed E-state index contributed by atoms with van der Waals surface area (Å²) < 4.78 is 0. The lowest BCUT2D eigenvalue weighted by atomic mass is 10.1.